The molecule has 0 aliphatic carbocycles. The molecule has 0 saturated carbocycles. The Labute approximate surface area is 137 Å². The summed E-state index contributed by atoms with van der Waals surface area (Å²) in [4.78, 5) is 11.7. The highest BCUT2D eigenvalue weighted by atomic mass is 16.5. The Morgan fingerprint density at radius 1 is 1.00 bits per heavy atom. The Morgan fingerprint density at radius 2 is 1.74 bits per heavy atom. The molecular weight excluding hydrogens is 292 g/mol. The second kappa shape index (κ2) is 8.83. The van der Waals surface area contributed by atoms with E-state index in [9.17, 15) is 4.79 Å². The summed E-state index contributed by atoms with van der Waals surface area (Å²) in [5, 5.41) is 0. The summed E-state index contributed by atoms with van der Waals surface area (Å²) >= 11 is 0. The van der Waals surface area contributed by atoms with E-state index in [1.165, 1.54) is 0 Å². The molecule has 0 aliphatic heterocycles. The fourth-order valence-corrected chi connectivity index (χ4v) is 2.15. The van der Waals surface area contributed by atoms with Crippen molar-refractivity contribution in [3.63, 3.8) is 0 Å². The third-order valence-corrected chi connectivity index (χ3v) is 3.38. The van der Waals surface area contributed by atoms with Gasteiger partial charge in [-0.25, -0.2) is 0 Å². The lowest BCUT2D eigenvalue weighted by Crippen LogP contribution is -2.04. The summed E-state index contributed by atoms with van der Waals surface area (Å²) in [7, 11) is 3.20. The standard InChI is InChI=1S/C19H21O4/c1-21-17-12-11-15(13-18(17)22-2)9-6-10-19(20)23-14-16-7-4-3-5-8-16/h3-5,7-9,11-13H,6,10,14H2,1-2H3. The van der Waals surface area contributed by atoms with Gasteiger partial charge in [0.15, 0.2) is 11.5 Å². The van der Waals surface area contributed by atoms with Gasteiger partial charge in [0, 0.05) is 6.42 Å². The minimum atomic E-state index is -0.203. The van der Waals surface area contributed by atoms with Crippen LogP contribution in [-0.2, 0) is 16.1 Å². The minimum absolute atomic E-state index is 0.203. The zero-order valence-corrected chi connectivity index (χ0v) is 13.5. The quantitative estimate of drug-likeness (QED) is 0.696. The van der Waals surface area contributed by atoms with Crippen LogP contribution in [0.1, 0.15) is 24.0 Å². The van der Waals surface area contributed by atoms with Crippen LogP contribution in [0.15, 0.2) is 48.5 Å². The van der Waals surface area contributed by atoms with Crippen LogP contribution in [-0.4, -0.2) is 20.2 Å². The van der Waals surface area contributed by atoms with E-state index in [4.69, 9.17) is 14.2 Å². The van der Waals surface area contributed by atoms with Crippen LogP contribution in [0.3, 0.4) is 0 Å². The molecule has 0 unspecified atom stereocenters. The summed E-state index contributed by atoms with van der Waals surface area (Å²) in [6.07, 6.45) is 2.94. The number of esters is 1. The summed E-state index contributed by atoms with van der Waals surface area (Å²) in [6.45, 7) is 0.316. The van der Waals surface area contributed by atoms with Crippen LogP contribution in [0.5, 0.6) is 11.5 Å². The predicted molar refractivity (Wildman–Crippen MR) is 88.4 cm³/mol. The van der Waals surface area contributed by atoms with Gasteiger partial charge in [-0.15, -0.1) is 0 Å². The summed E-state index contributed by atoms with van der Waals surface area (Å²) in [5.74, 6) is 1.16. The van der Waals surface area contributed by atoms with Crippen molar-refractivity contribution in [2.75, 3.05) is 14.2 Å². The maximum atomic E-state index is 11.7. The molecular formula is C19H21O4. The second-order valence-electron chi connectivity index (χ2n) is 5.00. The van der Waals surface area contributed by atoms with Gasteiger partial charge in [0.05, 0.1) is 14.2 Å². The Hall–Kier alpha value is -2.49. The van der Waals surface area contributed by atoms with Crippen molar-refractivity contribution in [2.45, 2.75) is 19.4 Å². The molecule has 0 heterocycles. The molecule has 4 nitrogen and oxygen atoms in total. The van der Waals surface area contributed by atoms with Gasteiger partial charge < -0.3 is 14.2 Å². The zero-order valence-electron chi connectivity index (χ0n) is 13.5. The van der Waals surface area contributed by atoms with E-state index in [0.717, 1.165) is 11.1 Å². The molecule has 121 valence electrons. The number of rotatable bonds is 8. The molecule has 1 radical (unpaired) electrons. The van der Waals surface area contributed by atoms with Gasteiger partial charge in [-0.2, -0.15) is 0 Å². The Balaban J connectivity index is 1.75. The number of carbonyl (C=O) groups is 1. The van der Waals surface area contributed by atoms with Crippen molar-refractivity contribution in [1.82, 2.24) is 0 Å². The van der Waals surface area contributed by atoms with E-state index in [1.54, 1.807) is 14.2 Å². The number of benzene rings is 2. The van der Waals surface area contributed by atoms with Crippen LogP contribution in [0.25, 0.3) is 0 Å². The van der Waals surface area contributed by atoms with Gasteiger partial charge in [-0.3, -0.25) is 4.79 Å². The number of carbonyl (C=O) groups excluding carboxylic acids is 1. The van der Waals surface area contributed by atoms with Gasteiger partial charge in [0.25, 0.3) is 0 Å². The first-order chi connectivity index (χ1) is 11.2. The smallest absolute Gasteiger partial charge is 0.306 e. The normalized spacial score (nSPS) is 10.2. The van der Waals surface area contributed by atoms with E-state index in [-0.39, 0.29) is 5.97 Å². The van der Waals surface area contributed by atoms with Crippen LogP contribution >= 0.6 is 0 Å². The molecule has 2 aromatic rings. The summed E-state index contributed by atoms with van der Waals surface area (Å²) in [5.41, 5.74) is 1.98. The topological polar surface area (TPSA) is 44.8 Å². The predicted octanol–water partition coefficient (Wildman–Crippen LogP) is 3.78. The average molecular weight is 313 g/mol. The molecule has 0 saturated heterocycles. The monoisotopic (exact) mass is 313 g/mol. The van der Waals surface area contributed by atoms with Crippen LogP contribution in [0.2, 0.25) is 0 Å². The van der Waals surface area contributed by atoms with Crippen molar-refractivity contribution < 1.29 is 19.0 Å². The maximum absolute atomic E-state index is 11.7. The van der Waals surface area contributed by atoms with Crippen molar-refractivity contribution >= 4 is 5.97 Å². The molecule has 0 aliphatic rings. The van der Waals surface area contributed by atoms with E-state index in [2.05, 4.69) is 0 Å². The van der Waals surface area contributed by atoms with Crippen LogP contribution in [0.4, 0.5) is 0 Å². The minimum Gasteiger partial charge on any atom is -0.493 e. The molecule has 0 bridgehead atoms. The molecule has 0 fully saturated rings. The highest BCUT2D eigenvalue weighted by molar-refractivity contribution is 5.69. The fourth-order valence-electron chi connectivity index (χ4n) is 2.15. The lowest BCUT2D eigenvalue weighted by atomic mass is 10.1. The lowest BCUT2D eigenvalue weighted by Gasteiger charge is -2.09. The van der Waals surface area contributed by atoms with Gasteiger partial charge in [0.1, 0.15) is 6.61 Å². The average Bonchev–Trinajstić information content (AvgIpc) is 2.60. The first-order valence-electron chi connectivity index (χ1n) is 7.47. The number of hydrogen-bond donors (Lipinski definition) is 0. The summed E-state index contributed by atoms with van der Waals surface area (Å²) in [6, 6.07) is 15.3. The molecule has 0 atom stereocenters. The lowest BCUT2D eigenvalue weighted by molar-refractivity contribution is -0.144. The van der Waals surface area contributed by atoms with Gasteiger partial charge >= 0.3 is 5.97 Å². The molecule has 0 aromatic heterocycles. The third kappa shape index (κ3) is 5.33. The van der Waals surface area contributed by atoms with E-state index < -0.39 is 0 Å². The molecule has 23 heavy (non-hydrogen) atoms. The zero-order chi connectivity index (χ0) is 16.5. The number of hydrogen-bond acceptors (Lipinski definition) is 4. The SMILES string of the molecule is COc1ccc([CH]CCC(=O)OCc2ccccc2)cc1OC. The van der Waals surface area contributed by atoms with Crippen molar-refractivity contribution in [3.8, 4) is 11.5 Å². The van der Waals surface area contributed by atoms with E-state index in [1.807, 2.05) is 55.0 Å². The van der Waals surface area contributed by atoms with Crippen molar-refractivity contribution in [3.05, 3.63) is 66.1 Å². The third-order valence-electron chi connectivity index (χ3n) is 3.38. The maximum Gasteiger partial charge on any atom is 0.306 e. The Bertz CT molecular complexity index is 623. The fraction of sp³-hybridized carbons (Fsp3) is 0.263. The van der Waals surface area contributed by atoms with Crippen molar-refractivity contribution in [1.29, 1.82) is 0 Å². The molecule has 0 N–H and O–H groups in total. The molecule has 0 spiro atoms. The van der Waals surface area contributed by atoms with Gasteiger partial charge in [0.2, 0.25) is 0 Å². The van der Waals surface area contributed by atoms with Crippen LogP contribution in [0, 0.1) is 6.42 Å². The number of methoxy groups -OCH3 is 2. The first kappa shape index (κ1) is 16.9. The van der Waals surface area contributed by atoms with Crippen molar-refractivity contribution in [2.24, 2.45) is 0 Å². The second-order valence-corrected chi connectivity index (χ2v) is 5.00. The molecule has 2 rings (SSSR count). The molecule has 0 amide bonds. The van der Waals surface area contributed by atoms with E-state index in [0.29, 0.717) is 30.9 Å². The summed E-state index contributed by atoms with van der Waals surface area (Å²) < 4.78 is 15.7. The first-order valence-corrected chi connectivity index (χ1v) is 7.47. The molecule has 2 aromatic carbocycles. The van der Waals surface area contributed by atoms with Gasteiger partial charge in [-0.05, 0) is 36.1 Å². The van der Waals surface area contributed by atoms with Crippen LogP contribution < -0.4 is 9.47 Å². The Morgan fingerprint density at radius 3 is 2.43 bits per heavy atom. The van der Waals surface area contributed by atoms with E-state index >= 15 is 0 Å². The number of ether oxygens (including phenoxy) is 3. The highest BCUT2D eigenvalue weighted by Gasteiger charge is 2.07. The highest BCUT2D eigenvalue weighted by Crippen LogP contribution is 2.28. The largest absolute Gasteiger partial charge is 0.493 e. The molecule has 4 heteroatoms. The Kier molecular flexibility index (Phi) is 6.48. The van der Waals surface area contributed by atoms with Gasteiger partial charge in [-0.1, -0.05) is 36.4 Å².